The number of H-pyrrole nitrogens is 3. The van der Waals surface area contributed by atoms with Crippen molar-refractivity contribution >= 4 is 11.6 Å². The number of pyridine rings is 1. The van der Waals surface area contributed by atoms with Crippen molar-refractivity contribution in [2.24, 2.45) is 0 Å². The molecule has 0 bridgehead atoms. The number of benzene rings is 2. The molecular formula is C38H41N5O6. The summed E-state index contributed by atoms with van der Waals surface area (Å²) >= 11 is 0. The van der Waals surface area contributed by atoms with Crippen molar-refractivity contribution in [1.82, 2.24) is 24.5 Å². The van der Waals surface area contributed by atoms with Gasteiger partial charge in [-0.25, -0.2) is 9.59 Å². The number of rotatable bonds is 8. The first-order valence-corrected chi connectivity index (χ1v) is 16.0. The van der Waals surface area contributed by atoms with Gasteiger partial charge in [0.2, 0.25) is 11.6 Å². The predicted molar refractivity (Wildman–Crippen MR) is 189 cm³/mol. The second-order valence-electron chi connectivity index (χ2n) is 12.9. The molecule has 2 aromatic carbocycles. The maximum absolute atomic E-state index is 13.5. The Morgan fingerprint density at radius 1 is 0.694 bits per heavy atom. The SMILES string of the molecule is Cc1cc(C)cc(C(=O)c2[nH]c(=O)[nH]c(=O)c2C(C)C)c1.Cc1cc(C)cc(C(=O)c2c(C(C)C)c(=O)[nH]c(=O)n2Cc2cccnc2)c1. The monoisotopic (exact) mass is 663 g/mol. The van der Waals surface area contributed by atoms with E-state index in [1.165, 1.54) is 4.57 Å². The van der Waals surface area contributed by atoms with Crippen molar-refractivity contribution in [2.75, 3.05) is 0 Å². The maximum Gasteiger partial charge on any atom is 0.329 e. The normalized spacial score (nSPS) is 11.0. The van der Waals surface area contributed by atoms with E-state index in [-0.39, 0.29) is 41.3 Å². The summed E-state index contributed by atoms with van der Waals surface area (Å²) in [5, 5.41) is 0. The van der Waals surface area contributed by atoms with Crippen LogP contribution < -0.4 is 22.5 Å². The molecule has 0 radical (unpaired) electrons. The van der Waals surface area contributed by atoms with E-state index in [4.69, 9.17) is 0 Å². The minimum atomic E-state index is -0.669. The van der Waals surface area contributed by atoms with Gasteiger partial charge in [0.1, 0.15) is 5.69 Å². The Bertz CT molecular complexity index is 2230. The number of ketones is 2. The molecular weight excluding hydrogens is 622 g/mol. The van der Waals surface area contributed by atoms with Crippen LogP contribution in [-0.2, 0) is 6.54 Å². The fourth-order valence-corrected chi connectivity index (χ4v) is 5.91. The third kappa shape index (κ3) is 8.42. The van der Waals surface area contributed by atoms with Gasteiger partial charge in [0.25, 0.3) is 11.1 Å². The van der Waals surface area contributed by atoms with Crippen LogP contribution in [0.5, 0.6) is 0 Å². The number of nitrogens with zero attached hydrogens (tertiary/aromatic N) is 2. The summed E-state index contributed by atoms with van der Waals surface area (Å²) in [7, 11) is 0. The highest BCUT2D eigenvalue weighted by molar-refractivity contribution is 6.09. The zero-order valence-corrected chi connectivity index (χ0v) is 29.0. The molecule has 0 amide bonds. The van der Waals surface area contributed by atoms with Crippen LogP contribution in [0.4, 0.5) is 0 Å². The Labute approximate surface area is 283 Å². The van der Waals surface area contributed by atoms with Crippen LogP contribution in [0, 0.1) is 27.7 Å². The van der Waals surface area contributed by atoms with Crippen LogP contribution in [0.15, 0.2) is 80.1 Å². The molecule has 3 heterocycles. The van der Waals surface area contributed by atoms with Crippen molar-refractivity contribution in [1.29, 1.82) is 0 Å². The molecule has 5 aromatic rings. The highest BCUT2D eigenvalue weighted by atomic mass is 16.2. The molecule has 0 saturated heterocycles. The van der Waals surface area contributed by atoms with E-state index in [0.717, 1.165) is 27.8 Å². The number of nitrogens with one attached hydrogen (secondary N) is 3. The molecule has 254 valence electrons. The van der Waals surface area contributed by atoms with Crippen LogP contribution in [0.25, 0.3) is 0 Å². The van der Waals surface area contributed by atoms with E-state index in [1.54, 1.807) is 56.6 Å². The molecule has 3 aromatic heterocycles. The Morgan fingerprint density at radius 2 is 1.20 bits per heavy atom. The Kier molecular flexibility index (Phi) is 11.1. The summed E-state index contributed by atoms with van der Waals surface area (Å²) in [4.78, 5) is 85.8. The largest absolute Gasteiger partial charge is 0.329 e. The van der Waals surface area contributed by atoms with Gasteiger partial charge in [-0.15, -0.1) is 0 Å². The Hall–Kier alpha value is -5.71. The highest BCUT2D eigenvalue weighted by Crippen LogP contribution is 2.21. The van der Waals surface area contributed by atoms with Gasteiger partial charge >= 0.3 is 11.4 Å². The lowest BCUT2D eigenvalue weighted by Crippen LogP contribution is -2.38. The summed E-state index contributed by atoms with van der Waals surface area (Å²) in [6.45, 7) is 15.0. The van der Waals surface area contributed by atoms with E-state index in [2.05, 4.69) is 19.9 Å². The van der Waals surface area contributed by atoms with E-state index in [1.807, 2.05) is 59.7 Å². The first kappa shape index (κ1) is 36.1. The van der Waals surface area contributed by atoms with Crippen LogP contribution >= 0.6 is 0 Å². The van der Waals surface area contributed by atoms with Crippen molar-refractivity contribution in [3.05, 3.63) is 164 Å². The lowest BCUT2D eigenvalue weighted by Gasteiger charge is -2.17. The quantitative estimate of drug-likeness (QED) is 0.197. The van der Waals surface area contributed by atoms with Crippen LogP contribution in [-0.4, -0.2) is 36.1 Å². The van der Waals surface area contributed by atoms with Gasteiger partial charge in [0, 0.05) is 34.6 Å². The molecule has 0 aliphatic heterocycles. The van der Waals surface area contributed by atoms with Gasteiger partial charge in [-0.2, -0.15) is 0 Å². The molecule has 11 nitrogen and oxygen atoms in total. The minimum Gasteiger partial charge on any atom is -0.304 e. The Balaban J connectivity index is 0.000000230. The number of aryl methyl sites for hydroxylation is 4. The molecule has 5 rings (SSSR count). The molecule has 0 aliphatic rings. The van der Waals surface area contributed by atoms with Gasteiger partial charge in [-0.3, -0.25) is 38.7 Å². The smallest absolute Gasteiger partial charge is 0.304 e. The predicted octanol–water partition coefficient (Wildman–Crippen LogP) is 4.99. The molecule has 49 heavy (non-hydrogen) atoms. The van der Waals surface area contributed by atoms with Crippen LogP contribution in [0.3, 0.4) is 0 Å². The van der Waals surface area contributed by atoms with Gasteiger partial charge in [-0.1, -0.05) is 68.1 Å². The summed E-state index contributed by atoms with van der Waals surface area (Å²) in [5.41, 5.74) is 4.02. The summed E-state index contributed by atoms with van der Waals surface area (Å²) in [5.74, 6) is -1.07. The van der Waals surface area contributed by atoms with Crippen LogP contribution in [0.1, 0.15) is 111 Å². The molecule has 3 N–H and O–H groups in total. The van der Waals surface area contributed by atoms with Crippen molar-refractivity contribution < 1.29 is 9.59 Å². The standard InChI is InChI=1S/C22H23N3O3.C16H18N2O3/c1-13(2)18-19(20(26)17-9-14(3)8-15(4)10-17)25(22(28)24-21(18)27)12-16-6-5-7-23-11-16;1-8(2)12-13(17-16(21)18-15(12)20)14(19)11-6-9(3)5-10(4)7-11/h5-11,13H,12H2,1-4H3,(H,24,27,28);5-8H,1-4H3,(H2,17,18,20,21). The van der Waals surface area contributed by atoms with E-state index < -0.39 is 22.5 Å². The van der Waals surface area contributed by atoms with Gasteiger partial charge < -0.3 is 4.98 Å². The fourth-order valence-electron chi connectivity index (χ4n) is 5.91. The second kappa shape index (κ2) is 15.0. The molecule has 11 heteroatoms. The molecule has 0 saturated carbocycles. The number of aromatic amines is 3. The zero-order chi connectivity index (χ0) is 36.2. The van der Waals surface area contributed by atoms with Crippen LogP contribution in [0.2, 0.25) is 0 Å². The highest BCUT2D eigenvalue weighted by Gasteiger charge is 2.25. The average molecular weight is 664 g/mol. The lowest BCUT2D eigenvalue weighted by atomic mass is 9.95. The fraction of sp³-hybridized carbons (Fsp3) is 0.289. The third-order valence-electron chi connectivity index (χ3n) is 7.84. The van der Waals surface area contributed by atoms with Crippen molar-refractivity contribution in [2.45, 2.75) is 73.8 Å². The molecule has 0 fully saturated rings. The number of carbonyl (C=O) groups excluding carboxylic acids is 2. The van der Waals surface area contributed by atoms with Crippen molar-refractivity contribution in [3.8, 4) is 0 Å². The number of hydrogen-bond acceptors (Lipinski definition) is 7. The minimum absolute atomic E-state index is 0.0729. The number of aromatic nitrogens is 5. The van der Waals surface area contributed by atoms with Gasteiger partial charge in [0.15, 0.2) is 0 Å². The summed E-state index contributed by atoms with van der Waals surface area (Å²) in [6.07, 6.45) is 3.28. The first-order chi connectivity index (χ1) is 23.1. The van der Waals surface area contributed by atoms with E-state index in [9.17, 15) is 28.8 Å². The zero-order valence-electron chi connectivity index (χ0n) is 29.0. The van der Waals surface area contributed by atoms with E-state index >= 15 is 0 Å². The number of carbonyl (C=O) groups is 2. The van der Waals surface area contributed by atoms with Crippen molar-refractivity contribution in [3.63, 3.8) is 0 Å². The topological polar surface area (TPSA) is 168 Å². The summed E-state index contributed by atoms with van der Waals surface area (Å²) in [6, 6.07) is 14.6. The molecule has 0 spiro atoms. The molecule has 0 atom stereocenters. The average Bonchev–Trinajstić information content (AvgIpc) is 3.00. The lowest BCUT2D eigenvalue weighted by molar-refractivity contribution is 0.102. The van der Waals surface area contributed by atoms with E-state index in [0.29, 0.717) is 22.3 Å². The van der Waals surface area contributed by atoms with Gasteiger partial charge in [-0.05, 0) is 75.4 Å². The third-order valence-corrected chi connectivity index (χ3v) is 7.84. The molecule has 0 aliphatic carbocycles. The molecule has 0 unspecified atom stereocenters. The second-order valence-corrected chi connectivity index (χ2v) is 12.9. The first-order valence-electron chi connectivity index (χ1n) is 16.0. The maximum atomic E-state index is 13.5. The summed E-state index contributed by atoms with van der Waals surface area (Å²) < 4.78 is 1.34. The number of hydrogen-bond donors (Lipinski definition) is 3. The van der Waals surface area contributed by atoms with Gasteiger partial charge in [0.05, 0.1) is 12.2 Å². The Morgan fingerprint density at radius 3 is 1.69 bits per heavy atom.